The Morgan fingerprint density at radius 3 is 1.81 bits per heavy atom. The number of nitrogens with zero attached hydrogens (tertiary/aromatic N) is 2. The molecule has 7 nitrogen and oxygen atoms in total. The minimum atomic E-state index is -0.496. The molecule has 0 saturated carbocycles. The van der Waals surface area contributed by atoms with Crippen molar-refractivity contribution in [3.05, 3.63) is 76.7 Å². The molecule has 5 rings (SSSR count). The van der Waals surface area contributed by atoms with Crippen LogP contribution in [0.5, 0.6) is 11.5 Å². The smallest absolute Gasteiger partial charge is 0.345 e. The van der Waals surface area contributed by atoms with Gasteiger partial charge in [-0.15, -0.1) is 0 Å². The van der Waals surface area contributed by atoms with Gasteiger partial charge >= 0.3 is 11.9 Å². The Balaban J connectivity index is 1.78. The van der Waals surface area contributed by atoms with Gasteiger partial charge in [0, 0.05) is 34.1 Å². The quantitative estimate of drug-likeness (QED) is 0.399. The lowest BCUT2D eigenvalue weighted by Gasteiger charge is -2.00. The monoisotopic (exact) mass is 357 g/mol. The molecule has 1 aromatic heterocycles. The topological polar surface area (TPSA) is 104 Å². The number of nitrogens with two attached hydrogens (primary N) is 1. The van der Waals surface area contributed by atoms with Gasteiger partial charge in [0.05, 0.1) is 11.1 Å². The summed E-state index contributed by atoms with van der Waals surface area (Å²) in [6.07, 6.45) is 4.44. The van der Waals surface area contributed by atoms with E-state index in [1.807, 2.05) is 0 Å². The Hall–Kier alpha value is -4.00. The van der Waals surface area contributed by atoms with Crippen molar-refractivity contribution >= 4 is 28.8 Å². The normalized spacial score (nSPS) is 14.7. The van der Waals surface area contributed by atoms with Crippen LogP contribution in [0.3, 0.4) is 0 Å². The first-order chi connectivity index (χ1) is 13.1. The third-order valence-electron chi connectivity index (χ3n) is 4.48. The molecule has 0 spiro atoms. The minimum absolute atomic E-state index is 0.338. The summed E-state index contributed by atoms with van der Waals surface area (Å²) in [7, 11) is 0. The van der Waals surface area contributed by atoms with Crippen molar-refractivity contribution in [2.45, 2.75) is 0 Å². The molecule has 3 heterocycles. The molecule has 0 radical (unpaired) electrons. The van der Waals surface area contributed by atoms with E-state index in [-0.39, 0.29) is 0 Å². The molecule has 2 N–H and O–H groups in total. The van der Waals surface area contributed by atoms with E-state index in [0.29, 0.717) is 49.9 Å². The predicted octanol–water partition coefficient (Wildman–Crippen LogP) is 0.295. The average molecular weight is 357 g/mol. The van der Waals surface area contributed by atoms with Gasteiger partial charge in [0.15, 0.2) is 0 Å². The molecule has 0 fully saturated rings. The van der Waals surface area contributed by atoms with Gasteiger partial charge < -0.3 is 15.2 Å². The number of hydrogen-bond donors (Lipinski definition) is 1. The zero-order valence-electron chi connectivity index (χ0n) is 13.8. The number of nitrogen functional groups attached to an aromatic ring is 1. The predicted molar refractivity (Wildman–Crippen MR) is 94.9 cm³/mol. The van der Waals surface area contributed by atoms with E-state index >= 15 is 0 Å². The fourth-order valence-electron chi connectivity index (χ4n) is 3.27. The van der Waals surface area contributed by atoms with Gasteiger partial charge in [-0.25, -0.2) is 19.6 Å². The fraction of sp³-hybridized carbons (Fsp3) is 0. The highest BCUT2D eigenvalue weighted by molar-refractivity contribution is 6.21. The van der Waals surface area contributed by atoms with Crippen molar-refractivity contribution < 1.29 is 19.1 Å². The number of carbonyl (C=O) groups is 2. The first kappa shape index (κ1) is 15.3. The largest absolute Gasteiger partial charge is 0.422 e. The molecule has 7 heteroatoms. The zero-order chi connectivity index (χ0) is 18.5. The molecule has 0 atom stereocenters. The minimum Gasteiger partial charge on any atom is -0.422 e. The third kappa shape index (κ3) is 2.29. The number of aromatic nitrogens is 2. The summed E-state index contributed by atoms with van der Waals surface area (Å²) in [5.74, 6) is -0.222. The highest BCUT2D eigenvalue weighted by Gasteiger charge is 2.30. The number of carbonyl (C=O) groups excluding carboxylic acids is 2. The van der Waals surface area contributed by atoms with Crippen LogP contribution in [0, 0.1) is 0 Å². The van der Waals surface area contributed by atoms with Crippen molar-refractivity contribution in [1.82, 2.24) is 9.97 Å². The molecular formula is C20H11N3O4. The van der Waals surface area contributed by atoms with Gasteiger partial charge in [-0.05, 0) is 29.8 Å². The molecule has 2 aliphatic rings. The van der Waals surface area contributed by atoms with Crippen molar-refractivity contribution in [2.24, 2.45) is 0 Å². The number of fused-ring (bicyclic) bond motifs is 2. The first-order valence-corrected chi connectivity index (χ1v) is 8.10. The number of esters is 2. The second kappa shape index (κ2) is 5.50. The van der Waals surface area contributed by atoms with Gasteiger partial charge in [-0.1, -0.05) is 12.1 Å². The molecule has 0 amide bonds. The van der Waals surface area contributed by atoms with Crippen molar-refractivity contribution in [3.8, 4) is 11.5 Å². The van der Waals surface area contributed by atoms with Crippen molar-refractivity contribution in [2.75, 3.05) is 5.73 Å². The highest BCUT2D eigenvalue weighted by Crippen LogP contribution is 2.26. The lowest BCUT2D eigenvalue weighted by molar-refractivity contribution is -0.128. The van der Waals surface area contributed by atoms with E-state index in [1.54, 1.807) is 36.4 Å². The molecule has 0 unspecified atom stereocenters. The molecule has 2 aromatic carbocycles. The highest BCUT2D eigenvalue weighted by atomic mass is 16.5. The Morgan fingerprint density at radius 2 is 1.26 bits per heavy atom. The van der Waals surface area contributed by atoms with E-state index in [4.69, 9.17) is 15.2 Å². The van der Waals surface area contributed by atoms with Crippen LogP contribution in [-0.2, 0) is 9.59 Å². The van der Waals surface area contributed by atoms with Gasteiger partial charge in [-0.3, -0.25) is 0 Å². The van der Waals surface area contributed by atoms with Gasteiger partial charge in [0.2, 0.25) is 0 Å². The molecule has 0 saturated heterocycles. The average Bonchev–Trinajstić information content (AvgIpc) is 3.15. The van der Waals surface area contributed by atoms with Crippen LogP contribution < -0.4 is 25.6 Å². The van der Waals surface area contributed by atoms with E-state index < -0.39 is 11.9 Å². The second-order valence-electron chi connectivity index (χ2n) is 6.12. The molecule has 0 aliphatic carbocycles. The number of rotatable bonds is 2. The van der Waals surface area contributed by atoms with E-state index in [9.17, 15) is 9.59 Å². The molecular weight excluding hydrogens is 346 g/mol. The summed E-state index contributed by atoms with van der Waals surface area (Å²) in [5.41, 5.74) is 8.27. The van der Waals surface area contributed by atoms with Crippen LogP contribution in [0.4, 0.5) is 5.69 Å². The Labute approximate surface area is 152 Å². The molecule has 27 heavy (non-hydrogen) atoms. The first-order valence-electron chi connectivity index (χ1n) is 8.10. The molecule has 3 aromatic rings. The zero-order valence-corrected chi connectivity index (χ0v) is 13.8. The molecule has 130 valence electrons. The van der Waals surface area contributed by atoms with Gasteiger partial charge in [0.25, 0.3) is 0 Å². The number of anilines is 1. The number of benzene rings is 2. The third-order valence-corrected chi connectivity index (χ3v) is 4.48. The maximum absolute atomic E-state index is 12.4. The van der Waals surface area contributed by atoms with Crippen LogP contribution >= 0.6 is 0 Å². The van der Waals surface area contributed by atoms with Crippen LogP contribution in [0.1, 0.15) is 11.1 Å². The maximum atomic E-state index is 12.4. The maximum Gasteiger partial charge on any atom is 0.345 e. The number of ether oxygens (including phenoxy) is 2. The van der Waals surface area contributed by atoms with Crippen molar-refractivity contribution in [3.63, 3.8) is 0 Å². The second-order valence-corrected chi connectivity index (χ2v) is 6.12. The fourth-order valence-corrected chi connectivity index (χ4v) is 3.27. The summed E-state index contributed by atoms with van der Waals surface area (Å²) in [4.78, 5) is 32.7. The summed E-state index contributed by atoms with van der Waals surface area (Å²) >= 11 is 0. The Bertz CT molecular complexity index is 1250. The van der Waals surface area contributed by atoms with Crippen LogP contribution in [0.2, 0.25) is 0 Å². The van der Waals surface area contributed by atoms with Crippen LogP contribution in [0.25, 0.3) is 11.1 Å². The van der Waals surface area contributed by atoms with Crippen molar-refractivity contribution in [1.29, 1.82) is 0 Å². The summed E-state index contributed by atoms with van der Waals surface area (Å²) in [6.45, 7) is 0. The summed E-state index contributed by atoms with van der Waals surface area (Å²) < 4.78 is 10.8. The Morgan fingerprint density at radius 1 is 0.741 bits per heavy atom. The molecule has 0 bridgehead atoms. The standard InChI is InChI=1S/C20H11N3O4/c21-12-3-1-10(2-4-12)17-13-5-16-14(6-15(13)26-19(17)24)18(20(25)27-16)11-7-22-9-23-8-11/h1-9H,21H2. The summed E-state index contributed by atoms with van der Waals surface area (Å²) in [5, 5.41) is 1.11. The molecule has 2 aliphatic heterocycles. The van der Waals surface area contributed by atoms with Gasteiger partial charge in [-0.2, -0.15) is 0 Å². The van der Waals surface area contributed by atoms with Gasteiger partial charge in [0.1, 0.15) is 17.8 Å². The summed E-state index contributed by atoms with van der Waals surface area (Å²) in [6, 6.07) is 10.2. The van der Waals surface area contributed by atoms with Crippen LogP contribution in [0.15, 0.2) is 55.1 Å². The van der Waals surface area contributed by atoms with E-state index in [2.05, 4.69) is 9.97 Å². The van der Waals surface area contributed by atoms with Crippen LogP contribution in [-0.4, -0.2) is 21.9 Å². The number of hydrogen-bond acceptors (Lipinski definition) is 7. The lowest BCUT2D eigenvalue weighted by atomic mass is 10.0. The lowest BCUT2D eigenvalue weighted by Crippen LogP contribution is -2.11. The SMILES string of the molecule is Nc1ccc(C2=c3cc4c(cc3OC2=O)=C(c2cncnc2)C(=O)O4)cc1. The van der Waals surface area contributed by atoms with E-state index in [0.717, 1.165) is 0 Å². The Kier molecular flexibility index (Phi) is 3.11. The van der Waals surface area contributed by atoms with E-state index in [1.165, 1.54) is 18.7 Å².